The third-order valence-electron chi connectivity index (χ3n) is 13.5. The van der Waals surface area contributed by atoms with Crippen LogP contribution in [-0.2, 0) is 0 Å². The number of hydrogen-bond donors (Lipinski definition) is 3. The van der Waals surface area contributed by atoms with E-state index in [-0.39, 0.29) is 28.8 Å². The number of aliphatic hydroxyl groups is 3. The Kier molecular flexibility index (Phi) is 5.40. The van der Waals surface area contributed by atoms with Gasteiger partial charge < -0.3 is 15.3 Å². The fourth-order valence-corrected chi connectivity index (χ4v) is 11.0. The zero-order chi connectivity index (χ0) is 24.2. The molecule has 0 heterocycles. The summed E-state index contributed by atoms with van der Waals surface area (Å²) >= 11 is 0. The summed E-state index contributed by atoms with van der Waals surface area (Å²) in [5.74, 6) is 2.96. The van der Waals surface area contributed by atoms with Crippen LogP contribution >= 0.6 is 0 Å². The van der Waals surface area contributed by atoms with Crippen LogP contribution in [0.4, 0.5) is 0 Å². The molecule has 0 aromatic rings. The Morgan fingerprint density at radius 1 is 0.909 bits per heavy atom. The highest BCUT2D eigenvalue weighted by Crippen LogP contribution is 2.75. The minimum absolute atomic E-state index is 0.0525. The highest BCUT2D eigenvalue weighted by molar-refractivity contribution is 5.34. The van der Waals surface area contributed by atoms with Gasteiger partial charge in [-0.3, -0.25) is 0 Å². The number of hydrogen-bond acceptors (Lipinski definition) is 3. The topological polar surface area (TPSA) is 60.7 Å². The van der Waals surface area contributed by atoms with E-state index in [0.717, 1.165) is 31.1 Å². The second kappa shape index (κ2) is 7.32. The number of allylic oxidation sites excluding steroid dienone is 2. The van der Waals surface area contributed by atoms with Crippen LogP contribution in [0.15, 0.2) is 11.6 Å². The first-order chi connectivity index (χ1) is 15.3. The minimum Gasteiger partial charge on any atom is -0.396 e. The maximum Gasteiger partial charge on any atom is 0.0877 e. The van der Waals surface area contributed by atoms with Gasteiger partial charge in [-0.1, -0.05) is 60.1 Å². The molecule has 0 aromatic heterocycles. The summed E-state index contributed by atoms with van der Waals surface area (Å²) in [6.45, 7) is 17.1. The lowest BCUT2D eigenvalue weighted by Gasteiger charge is -2.72. The Hall–Kier alpha value is -0.380. The average Bonchev–Trinajstić information content (AvgIpc) is 2.76. The predicted octanol–water partition coefficient (Wildman–Crippen LogP) is 5.97. The Balaban J connectivity index is 1.60. The van der Waals surface area contributed by atoms with Crippen molar-refractivity contribution >= 4 is 0 Å². The highest BCUT2D eigenvalue weighted by Gasteiger charge is 2.69. The Labute approximate surface area is 202 Å². The quantitative estimate of drug-likeness (QED) is 0.424. The van der Waals surface area contributed by atoms with E-state index in [1.54, 1.807) is 5.57 Å². The van der Waals surface area contributed by atoms with Crippen molar-refractivity contribution in [2.75, 3.05) is 6.61 Å². The van der Waals surface area contributed by atoms with Gasteiger partial charge in [-0.2, -0.15) is 0 Å². The Bertz CT molecular complexity index is 836. The number of rotatable bonds is 1. The van der Waals surface area contributed by atoms with Gasteiger partial charge in [0.15, 0.2) is 0 Å². The van der Waals surface area contributed by atoms with E-state index in [2.05, 4.69) is 47.6 Å². The van der Waals surface area contributed by atoms with Crippen molar-refractivity contribution in [2.24, 2.45) is 56.7 Å². The molecule has 0 aliphatic heterocycles. The van der Waals surface area contributed by atoms with Gasteiger partial charge >= 0.3 is 0 Å². The third kappa shape index (κ3) is 2.85. The van der Waals surface area contributed by atoms with Crippen molar-refractivity contribution in [3.63, 3.8) is 0 Å². The zero-order valence-corrected chi connectivity index (χ0v) is 22.3. The molecule has 12 atom stereocenters. The van der Waals surface area contributed by atoms with Crippen molar-refractivity contribution in [1.82, 2.24) is 0 Å². The molecule has 2 unspecified atom stereocenters. The molecule has 0 saturated heterocycles. The largest absolute Gasteiger partial charge is 0.396 e. The van der Waals surface area contributed by atoms with Crippen LogP contribution in [-0.4, -0.2) is 34.1 Å². The van der Waals surface area contributed by atoms with E-state index in [4.69, 9.17) is 0 Å². The lowest BCUT2D eigenvalue weighted by atomic mass is 9.33. The van der Waals surface area contributed by atoms with Crippen molar-refractivity contribution in [3.8, 4) is 0 Å². The predicted molar refractivity (Wildman–Crippen MR) is 133 cm³/mol. The summed E-state index contributed by atoms with van der Waals surface area (Å²) in [4.78, 5) is 0. The van der Waals surface area contributed by atoms with Crippen molar-refractivity contribution in [2.45, 2.75) is 112 Å². The van der Waals surface area contributed by atoms with Crippen LogP contribution in [0.2, 0.25) is 0 Å². The molecule has 0 radical (unpaired) electrons. The van der Waals surface area contributed by atoms with E-state index in [1.165, 1.54) is 25.7 Å². The first-order valence-electron chi connectivity index (χ1n) is 14.0. The molecule has 4 saturated carbocycles. The molecular formula is C30H50O3. The molecule has 3 nitrogen and oxygen atoms in total. The van der Waals surface area contributed by atoms with Crippen molar-refractivity contribution in [3.05, 3.63) is 11.6 Å². The van der Waals surface area contributed by atoms with E-state index >= 15 is 0 Å². The first kappa shape index (κ1) is 24.3. The van der Waals surface area contributed by atoms with Gasteiger partial charge in [-0.05, 0) is 103 Å². The van der Waals surface area contributed by atoms with Crippen molar-refractivity contribution in [1.29, 1.82) is 0 Å². The molecule has 5 rings (SSSR count). The minimum atomic E-state index is -0.838. The molecule has 3 N–H and O–H groups in total. The van der Waals surface area contributed by atoms with Gasteiger partial charge in [0.1, 0.15) is 0 Å². The van der Waals surface area contributed by atoms with E-state index in [1.807, 2.05) is 6.92 Å². The molecule has 0 aromatic carbocycles. The molecule has 3 heteroatoms. The molecule has 0 spiro atoms. The van der Waals surface area contributed by atoms with Gasteiger partial charge in [0.2, 0.25) is 0 Å². The number of aliphatic hydroxyl groups excluding tert-OH is 3. The normalized spacial score (nSPS) is 60.7. The van der Waals surface area contributed by atoms with E-state index in [0.29, 0.717) is 23.7 Å². The SMILES string of the molecule is C[C@H]1[C@H](C)CC[C@]2(C)CC[C@]3(C)C(=CC[C@@H]4[C@@]5(C)CC(O)C(O)[C@@](C)(CO)[C@@H]5CC[C@]43C)[C@H]12. The van der Waals surface area contributed by atoms with Crippen molar-refractivity contribution < 1.29 is 15.3 Å². The summed E-state index contributed by atoms with van der Waals surface area (Å²) in [5.41, 5.74) is 1.93. The fourth-order valence-electron chi connectivity index (χ4n) is 11.0. The molecule has 188 valence electrons. The van der Waals surface area contributed by atoms with Gasteiger partial charge in [0, 0.05) is 5.41 Å². The van der Waals surface area contributed by atoms with Crippen LogP contribution in [0.25, 0.3) is 0 Å². The lowest BCUT2D eigenvalue weighted by molar-refractivity contribution is -0.243. The summed E-state index contributed by atoms with van der Waals surface area (Å²) in [5, 5.41) is 32.4. The number of fused-ring (bicyclic) bond motifs is 7. The highest BCUT2D eigenvalue weighted by atomic mass is 16.3. The van der Waals surface area contributed by atoms with Gasteiger partial charge in [0.25, 0.3) is 0 Å². The molecule has 4 fully saturated rings. The molecule has 0 bridgehead atoms. The summed E-state index contributed by atoms with van der Waals surface area (Å²) < 4.78 is 0. The van der Waals surface area contributed by atoms with Crippen LogP contribution in [0.3, 0.4) is 0 Å². The van der Waals surface area contributed by atoms with Gasteiger partial charge in [-0.15, -0.1) is 0 Å². The molecule has 5 aliphatic rings. The molecule has 0 amide bonds. The summed E-state index contributed by atoms with van der Waals surface area (Å²) in [7, 11) is 0. The molecular weight excluding hydrogens is 408 g/mol. The maximum atomic E-state index is 11.0. The van der Waals surface area contributed by atoms with Crippen LogP contribution in [0.1, 0.15) is 99.8 Å². The van der Waals surface area contributed by atoms with Gasteiger partial charge in [-0.25, -0.2) is 0 Å². The van der Waals surface area contributed by atoms with Gasteiger partial charge in [0.05, 0.1) is 18.8 Å². The molecule has 5 aliphatic carbocycles. The molecule has 33 heavy (non-hydrogen) atoms. The summed E-state index contributed by atoms with van der Waals surface area (Å²) in [6.07, 6.45) is 10.4. The zero-order valence-electron chi connectivity index (χ0n) is 22.3. The Morgan fingerprint density at radius 3 is 2.27 bits per heavy atom. The second-order valence-electron chi connectivity index (χ2n) is 14.7. The first-order valence-corrected chi connectivity index (χ1v) is 14.0. The standard InChI is InChI=1S/C30H50O3/c1-18-10-12-26(3)14-15-29(6)20(24(26)19(18)2)8-9-23-27(4)16-21(32)25(33)28(5,17-31)22(27)11-13-30(23,29)7/h8,18-19,21-25,31-33H,9-17H2,1-7H3/t18-,19+,21?,22-,23-,24+,25?,26-,27+,28+,29-,30-/m1/s1. The fraction of sp³-hybridized carbons (Fsp3) is 0.933. The lowest BCUT2D eigenvalue weighted by Crippen LogP contribution is -2.68. The van der Waals surface area contributed by atoms with Crippen LogP contribution in [0, 0.1) is 56.7 Å². The monoisotopic (exact) mass is 458 g/mol. The maximum absolute atomic E-state index is 11.0. The third-order valence-corrected chi connectivity index (χ3v) is 13.5. The Morgan fingerprint density at radius 2 is 1.61 bits per heavy atom. The van der Waals surface area contributed by atoms with E-state index in [9.17, 15) is 15.3 Å². The second-order valence-corrected chi connectivity index (χ2v) is 14.7. The van der Waals surface area contributed by atoms with Crippen LogP contribution < -0.4 is 0 Å². The smallest absolute Gasteiger partial charge is 0.0877 e. The summed E-state index contributed by atoms with van der Waals surface area (Å²) in [6, 6.07) is 0. The average molecular weight is 459 g/mol. The van der Waals surface area contributed by atoms with E-state index < -0.39 is 17.6 Å². The van der Waals surface area contributed by atoms with Crippen LogP contribution in [0.5, 0.6) is 0 Å².